The minimum absolute atomic E-state index is 0.140. The topological polar surface area (TPSA) is 71.1 Å². The van der Waals surface area contributed by atoms with Gasteiger partial charge >= 0.3 is 0 Å². The molecule has 1 aromatic heterocycles. The zero-order valence-corrected chi connectivity index (χ0v) is 13.4. The first-order valence-corrected chi connectivity index (χ1v) is 9.12. The van der Waals surface area contributed by atoms with E-state index in [1.54, 1.807) is 30.6 Å². The molecule has 0 amide bonds. The fourth-order valence-corrected chi connectivity index (χ4v) is 3.84. The Balaban J connectivity index is 1.69. The molecule has 0 spiro atoms. The van der Waals surface area contributed by atoms with Crippen LogP contribution >= 0.6 is 0 Å². The van der Waals surface area contributed by atoms with Crippen LogP contribution in [0.25, 0.3) is 10.8 Å². The Morgan fingerprint density at radius 2 is 2.09 bits per heavy atom. The largest absolute Gasteiger partial charge is 0.312 e. The molecule has 0 bridgehead atoms. The van der Waals surface area contributed by atoms with Gasteiger partial charge in [-0.25, -0.2) is 13.1 Å². The van der Waals surface area contributed by atoms with E-state index in [0.29, 0.717) is 17.5 Å². The lowest BCUT2D eigenvalue weighted by Crippen LogP contribution is -2.45. The number of hydrogen-bond acceptors (Lipinski definition) is 4. The molecular formula is C16H21N3O2S. The van der Waals surface area contributed by atoms with Crippen LogP contribution in [-0.4, -0.2) is 32.0 Å². The van der Waals surface area contributed by atoms with Crippen LogP contribution in [0.1, 0.15) is 26.2 Å². The van der Waals surface area contributed by atoms with Crippen molar-refractivity contribution in [1.29, 1.82) is 0 Å². The highest BCUT2D eigenvalue weighted by molar-refractivity contribution is 7.89. The number of hydrogen-bond donors (Lipinski definition) is 2. The van der Waals surface area contributed by atoms with E-state index in [-0.39, 0.29) is 6.04 Å². The molecule has 2 aromatic rings. The number of pyridine rings is 1. The monoisotopic (exact) mass is 319 g/mol. The minimum atomic E-state index is -3.50. The maximum atomic E-state index is 12.5. The van der Waals surface area contributed by atoms with E-state index in [1.807, 2.05) is 13.0 Å². The molecule has 1 atom stereocenters. The van der Waals surface area contributed by atoms with Crippen molar-refractivity contribution in [3.63, 3.8) is 0 Å². The van der Waals surface area contributed by atoms with E-state index in [0.717, 1.165) is 10.8 Å². The number of fused-ring (bicyclic) bond motifs is 1. The smallest absolute Gasteiger partial charge is 0.240 e. The molecular weight excluding hydrogens is 298 g/mol. The summed E-state index contributed by atoms with van der Waals surface area (Å²) in [6.45, 7) is 2.54. The molecule has 1 fully saturated rings. The predicted molar refractivity (Wildman–Crippen MR) is 87.2 cm³/mol. The van der Waals surface area contributed by atoms with Crippen molar-refractivity contribution in [2.75, 3.05) is 6.54 Å². The third-order valence-corrected chi connectivity index (χ3v) is 5.68. The molecule has 1 aliphatic carbocycles. The van der Waals surface area contributed by atoms with Crippen molar-refractivity contribution in [3.8, 4) is 0 Å². The molecule has 1 saturated carbocycles. The number of nitrogens with zero attached hydrogens (tertiary/aromatic N) is 1. The summed E-state index contributed by atoms with van der Waals surface area (Å²) in [5.74, 6) is 0. The zero-order chi connectivity index (χ0) is 15.6. The molecule has 1 aliphatic rings. The molecule has 6 heteroatoms. The SMILES string of the molecule is CC(CNC1CCC1)NS(=O)(=O)c1ccc2cnccc2c1. The van der Waals surface area contributed by atoms with Gasteiger partial charge in [-0.2, -0.15) is 0 Å². The first-order valence-electron chi connectivity index (χ1n) is 7.64. The average Bonchev–Trinajstić information content (AvgIpc) is 2.44. The summed E-state index contributed by atoms with van der Waals surface area (Å²) < 4.78 is 27.7. The van der Waals surface area contributed by atoms with Gasteiger partial charge in [0.25, 0.3) is 0 Å². The molecule has 1 unspecified atom stereocenters. The van der Waals surface area contributed by atoms with E-state index >= 15 is 0 Å². The van der Waals surface area contributed by atoms with Gasteiger partial charge in [0.15, 0.2) is 0 Å². The predicted octanol–water partition coefficient (Wildman–Crippen LogP) is 2.04. The van der Waals surface area contributed by atoms with Crippen LogP contribution in [0.15, 0.2) is 41.6 Å². The van der Waals surface area contributed by atoms with Crippen LogP contribution in [0.3, 0.4) is 0 Å². The van der Waals surface area contributed by atoms with Gasteiger partial charge in [-0.15, -0.1) is 0 Å². The van der Waals surface area contributed by atoms with Crippen molar-refractivity contribution < 1.29 is 8.42 Å². The van der Waals surface area contributed by atoms with Gasteiger partial charge in [0.05, 0.1) is 4.90 Å². The van der Waals surface area contributed by atoms with Gasteiger partial charge in [0, 0.05) is 36.4 Å². The number of benzene rings is 1. The normalized spacial score (nSPS) is 17.3. The second-order valence-corrected chi connectivity index (χ2v) is 7.66. The number of nitrogens with one attached hydrogen (secondary N) is 2. The fraction of sp³-hybridized carbons (Fsp3) is 0.438. The Morgan fingerprint density at radius 3 is 2.82 bits per heavy atom. The summed E-state index contributed by atoms with van der Waals surface area (Å²) in [6, 6.07) is 7.33. The standard InChI is InChI=1S/C16H21N3O2S/c1-12(10-18-15-3-2-4-15)19-22(20,21)16-6-5-14-11-17-8-7-13(14)9-16/h5-9,11-12,15,18-19H,2-4,10H2,1H3. The van der Waals surface area contributed by atoms with E-state index < -0.39 is 10.0 Å². The Morgan fingerprint density at radius 1 is 1.27 bits per heavy atom. The third kappa shape index (κ3) is 3.45. The number of rotatable bonds is 6. The van der Waals surface area contributed by atoms with E-state index in [9.17, 15) is 8.42 Å². The van der Waals surface area contributed by atoms with Crippen LogP contribution in [-0.2, 0) is 10.0 Å². The van der Waals surface area contributed by atoms with Crippen LogP contribution in [0.5, 0.6) is 0 Å². The van der Waals surface area contributed by atoms with Crippen LogP contribution < -0.4 is 10.0 Å². The van der Waals surface area contributed by atoms with Gasteiger partial charge in [-0.1, -0.05) is 12.5 Å². The summed E-state index contributed by atoms with van der Waals surface area (Å²) in [5, 5.41) is 5.19. The van der Waals surface area contributed by atoms with E-state index in [4.69, 9.17) is 0 Å². The minimum Gasteiger partial charge on any atom is -0.312 e. The second kappa shape index (κ2) is 6.32. The van der Waals surface area contributed by atoms with Crippen molar-refractivity contribution in [3.05, 3.63) is 36.7 Å². The summed E-state index contributed by atoms with van der Waals surface area (Å²) in [7, 11) is -3.50. The average molecular weight is 319 g/mol. The highest BCUT2D eigenvalue weighted by atomic mass is 32.2. The van der Waals surface area contributed by atoms with E-state index in [2.05, 4.69) is 15.0 Å². The fourth-order valence-electron chi connectivity index (χ4n) is 2.56. The summed E-state index contributed by atoms with van der Waals surface area (Å²) in [5.41, 5.74) is 0. The molecule has 3 rings (SSSR count). The van der Waals surface area contributed by atoms with Gasteiger partial charge in [-0.05, 0) is 43.4 Å². The lowest BCUT2D eigenvalue weighted by molar-refractivity contribution is 0.331. The first kappa shape index (κ1) is 15.4. The third-order valence-electron chi connectivity index (χ3n) is 4.10. The van der Waals surface area contributed by atoms with E-state index in [1.165, 1.54) is 19.3 Å². The van der Waals surface area contributed by atoms with Crippen LogP contribution in [0.2, 0.25) is 0 Å². The number of sulfonamides is 1. The van der Waals surface area contributed by atoms with Gasteiger partial charge in [0.1, 0.15) is 0 Å². The molecule has 1 aromatic carbocycles. The highest BCUT2D eigenvalue weighted by Crippen LogP contribution is 2.19. The molecule has 22 heavy (non-hydrogen) atoms. The van der Waals surface area contributed by atoms with Crippen molar-refractivity contribution >= 4 is 20.8 Å². The molecule has 0 aliphatic heterocycles. The molecule has 2 N–H and O–H groups in total. The van der Waals surface area contributed by atoms with Crippen molar-refractivity contribution in [2.24, 2.45) is 0 Å². The van der Waals surface area contributed by atoms with Gasteiger partial charge in [-0.3, -0.25) is 4.98 Å². The molecule has 5 nitrogen and oxygen atoms in total. The second-order valence-electron chi connectivity index (χ2n) is 5.94. The van der Waals surface area contributed by atoms with Crippen LogP contribution in [0.4, 0.5) is 0 Å². The lowest BCUT2D eigenvalue weighted by Gasteiger charge is -2.28. The Hall–Kier alpha value is -1.50. The molecule has 0 radical (unpaired) electrons. The van der Waals surface area contributed by atoms with Gasteiger partial charge < -0.3 is 5.32 Å². The van der Waals surface area contributed by atoms with Crippen molar-refractivity contribution in [2.45, 2.75) is 43.2 Å². The van der Waals surface area contributed by atoms with Crippen molar-refractivity contribution in [1.82, 2.24) is 15.0 Å². The lowest BCUT2D eigenvalue weighted by atomic mass is 9.93. The Bertz CT molecular complexity index is 757. The summed E-state index contributed by atoms with van der Waals surface area (Å²) in [6.07, 6.45) is 7.04. The zero-order valence-electron chi connectivity index (χ0n) is 12.6. The summed E-state index contributed by atoms with van der Waals surface area (Å²) in [4.78, 5) is 4.33. The Kier molecular flexibility index (Phi) is 4.42. The quantitative estimate of drug-likeness (QED) is 0.855. The first-order chi connectivity index (χ1) is 10.5. The number of aromatic nitrogens is 1. The summed E-state index contributed by atoms with van der Waals surface area (Å²) >= 11 is 0. The Labute approximate surface area is 131 Å². The van der Waals surface area contributed by atoms with Gasteiger partial charge in [0.2, 0.25) is 10.0 Å². The molecule has 0 saturated heterocycles. The molecule has 118 valence electrons. The van der Waals surface area contributed by atoms with Crippen LogP contribution in [0, 0.1) is 0 Å². The molecule has 1 heterocycles. The maximum Gasteiger partial charge on any atom is 0.240 e. The highest BCUT2D eigenvalue weighted by Gasteiger charge is 2.20. The maximum absolute atomic E-state index is 12.5.